The minimum atomic E-state index is -0.731. The Morgan fingerprint density at radius 2 is 2.12 bits per heavy atom. The van der Waals surface area contributed by atoms with E-state index in [-0.39, 0.29) is 22.7 Å². The van der Waals surface area contributed by atoms with Gasteiger partial charge >= 0.3 is 5.69 Å². The predicted octanol–water partition coefficient (Wildman–Crippen LogP) is -1.39. The topological polar surface area (TPSA) is 122 Å². The summed E-state index contributed by atoms with van der Waals surface area (Å²) in [5, 5.41) is 7.48. The predicted molar refractivity (Wildman–Crippen MR) is 60.2 cm³/mol. The van der Waals surface area contributed by atoms with Gasteiger partial charge in [0.2, 0.25) is 5.91 Å². The zero-order valence-corrected chi connectivity index (χ0v) is 9.30. The maximum Gasteiger partial charge on any atom is 0.328 e. The molecule has 0 fully saturated rings. The number of amides is 1. The maximum absolute atomic E-state index is 11.6. The number of thiol groups is 1. The van der Waals surface area contributed by atoms with Crippen molar-refractivity contribution >= 4 is 24.2 Å². The van der Waals surface area contributed by atoms with Gasteiger partial charge in [-0.05, 0) is 0 Å². The van der Waals surface area contributed by atoms with Crippen LogP contribution in [0.5, 0.6) is 0 Å². The molecular weight excluding hydrogens is 232 g/mol. The third kappa shape index (κ3) is 2.22. The minimum Gasteiger partial charge on any atom is -0.369 e. The SMILES string of the molecule is Cn1c(=O)[nH]c(S)c(C(=N)CC(N)=O)c1=O. The number of hydrogen-bond acceptors (Lipinski definition) is 5. The van der Waals surface area contributed by atoms with E-state index < -0.39 is 17.2 Å². The van der Waals surface area contributed by atoms with Gasteiger partial charge in [0.15, 0.2) is 0 Å². The molecule has 0 saturated carbocycles. The Morgan fingerprint density at radius 1 is 1.56 bits per heavy atom. The fourth-order valence-electron chi connectivity index (χ4n) is 1.14. The zero-order valence-electron chi connectivity index (χ0n) is 8.40. The van der Waals surface area contributed by atoms with Gasteiger partial charge in [-0.2, -0.15) is 0 Å². The summed E-state index contributed by atoms with van der Waals surface area (Å²) >= 11 is 3.88. The number of hydrogen-bond donors (Lipinski definition) is 4. The van der Waals surface area contributed by atoms with Crippen molar-refractivity contribution in [2.45, 2.75) is 11.4 Å². The molecule has 0 bridgehead atoms. The Kier molecular flexibility index (Phi) is 3.33. The molecule has 1 rings (SSSR count). The van der Waals surface area contributed by atoms with E-state index in [9.17, 15) is 14.4 Å². The first-order valence-corrected chi connectivity index (χ1v) is 4.67. The van der Waals surface area contributed by atoms with E-state index in [1.165, 1.54) is 7.05 Å². The van der Waals surface area contributed by atoms with E-state index in [0.29, 0.717) is 0 Å². The van der Waals surface area contributed by atoms with Crippen LogP contribution in [-0.2, 0) is 11.8 Å². The summed E-state index contributed by atoms with van der Waals surface area (Å²) in [5.41, 5.74) is 3.21. The van der Waals surface area contributed by atoms with E-state index >= 15 is 0 Å². The van der Waals surface area contributed by atoms with Gasteiger partial charge in [0.1, 0.15) is 0 Å². The van der Waals surface area contributed by atoms with Gasteiger partial charge in [-0.1, -0.05) is 0 Å². The number of nitrogens with two attached hydrogens (primary N) is 1. The largest absolute Gasteiger partial charge is 0.369 e. The number of aromatic nitrogens is 2. The first-order chi connectivity index (χ1) is 7.34. The lowest BCUT2D eigenvalue weighted by atomic mass is 10.1. The average Bonchev–Trinajstić information content (AvgIpc) is 2.13. The molecule has 7 nitrogen and oxygen atoms in total. The third-order valence-electron chi connectivity index (χ3n) is 1.94. The lowest BCUT2D eigenvalue weighted by Gasteiger charge is -2.06. The molecule has 0 aliphatic carbocycles. The summed E-state index contributed by atoms with van der Waals surface area (Å²) in [6.07, 6.45) is -0.380. The van der Waals surface area contributed by atoms with Gasteiger partial charge in [-0.3, -0.25) is 14.2 Å². The number of aromatic amines is 1. The van der Waals surface area contributed by atoms with Crippen molar-refractivity contribution in [3.63, 3.8) is 0 Å². The highest BCUT2D eigenvalue weighted by molar-refractivity contribution is 7.80. The summed E-state index contributed by atoms with van der Waals surface area (Å²) in [6, 6.07) is 0. The monoisotopic (exact) mass is 242 g/mol. The fourth-order valence-corrected chi connectivity index (χ4v) is 1.47. The van der Waals surface area contributed by atoms with E-state index in [4.69, 9.17) is 11.1 Å². The molecule has 1 aromatic rings. The molecule has 16 heavy (non-hydrogen) atoms. The number of H-pyrrole nitrogens is 1. The number of nitrogens with zero attached hydrogens (tertiary/aromatic N) is 1. The van der Waals surface area contributed by atoms with Crippen molar-refractivity contribution in [2.24, 2.45) is 12.8 Å². The lowest BCUT2D eigenvalue weighted by molar-refractivity contribution is -0.116. The third-order valence-corrected chi connectivity index (χ3v) is 2.27. The van der Waals surface area contributed by atoms with Crippen LogP contribution in [0.3, 0.4) is 0 Å². The highest BCUT2D eigenvalue weighted by atomic mass is 32.1. The molecule has 0 aliphatic rings. The molecule has 0 saturated heterocycles. The zero-order chi connectivity index (χ0) is 12.5. The molecule has 0 radical (unpaired) electrons. The molecule has 1 aromatic heterocycles. The number of nitrogens with one attached hydrogen (secondary N) is 2. The Labute approximate surface area is 95.2 Å². The van der Waals surface area contributed by atoms with Gasteiger partial charge in [-0.25, -0.2) is 4.79 Å². The van der Waals surface area contributed by atoms with Crippen LogP contribution in [0.4, 0.5) is 0 Å². The molecule has 86 valence electrons. The Bertz CT molecular complexity index is 572. The number of carbonyl (C=O) groups excluding carboxylic acids is 1. The molecule has 8 heteroatoms. The number of primary amides is 1. The standard InChI is InChI=1S/C8H10N4O3S/c1-12-7(14)5(3(9)2-4(10)13)6(16)11-8(12)15/h9,16H,2H2,1H3,(H2,10,13)(H,11,15). The molecular formula is C8H10N4O3S. The van der Waals surface area contributed by atoms with Crippen LogP contribution in [-0.4, -0.2) is 21.2 Å². The molecule has 1 amide bonds. The normalized spacial score (nSPS) is 10.1. The van der Waals surface area contributed by atoms with Crippen LogP contribution in [0.2, 0.25) is 0 Å². The number of carbonyl (C=O) groups is 1. The van der Waals surface area contributed by atoms with Crippen LogP contribution in [0, 0.1) is 5.41 Å². The highest BCUT2D eigenvalue weighted by Gasteiger charge is 2.15. The second kappa shape index (κ2) is 4.35. The van der Waals surface area contributed by atoms with Crippen molar-refractivity contribution in [1.82, 2.24) is 9.55 Å². The van der Waals surface area contributed by atoms with Crippen LogP contribution in [0.15, 0.2) is 14.6 Å². The van der Waals surface area contributed by atoms with Gasteiger partial charge in [0, 0.05) is 7.05 Å². The maximum atomic E-state index is 11.6. The second-order valence-corrected chi connectivity index (χ2v) is 3.59. The van der Waals surface area contributed by atoms with Gasteiger partial charge in [0.05, 0.1) is 22.7 Å². The van der Waals surface area contributed by atoms with E-state index in [1.807, 2.05) is 0 Å². The average molecular weight is 242 g/mol. The van der Waals surface area contributed by atoms with Crippen molar-refractivity contribution in [3.8, 4) is 0 Å². The molecule has 0 unspecified atom stereocenters. The Morgan fingerprint density at radius 3 is 2.62 bits per heavy atom. The van der Waals surface area contributed by atoms with Crippen LogP contribution in [0.1, 0.15) is 12.0 Å². The van der Waals surface area contributed by atoms with Gasteiger partial charge in [0.25, 0.3) is 5.56 Å². The number of rotatable bonds is 3. The van der Waals surface area contributed by atoms with E-state index in [1.54, 1.807) is 0 Å². The van der Waals surface area contributed by atoms with Gasteiger partial charge in [-0.15, -0.1) is 12.6 Å². The molecule has 0 spiro atoms. The second-order valence-electron chi connectivity index (χ2n) is 3.14. The van der Waals surface area contributed by atoms with Crippen molar-refractivity contribution < 1.29 is 4.79 Å². The Balaban J connectivity index is 3.41. The first-order valence-electron chi connectivity index (χ1n) is 4.23. The molecule has 0 atom stereocenters. The summed E-state index contributed by atoms with van der Waals surface area (Å²) < 4.78 is 0.796. The molecule has 4 N–H and O–H groups in total. The first kappa shape index (κ1) is 12.2. The van der Waals surface area contributed by atoms with E-state index in [2.05, 4.69) is 17.6 Å². The van der Waals surface area contributed by atoms with Crippen molar-refractivity contribution in [1.29, 1.82) is 5.41 Å². The fraction of sp³-hybridized carbons (Fsp3) is 0.250. The van der Waals surface area contributed by atoms with Crippen molar-refractivity contribution in [2.75, 3.05) is 0 Å². The summed E-state index contributed by atoms with van der Waals surface area (Å²) in [6.45, 7) is 0. The van der Waals surface area contributed by atoms with Crippen LogP contribution in [0.25, 0.3) is 0 Å². The quantitative estimate of drug-likeness (QED) is 0.296. The van der Waals surface area contributed by atoms with Crippen molar-refractivity contribution in [3.05, 3.63) is 26.4 Å². The smallest absolute Gasteiger partial charge is 0.328 e. The lowest BCUT2D eigenvalue weighted by Crippen LogP contribution is -2.37. The highest BCUT2D eigenvalue weighted by Crippen LogP contribution is 2.05. The molecule has 1 heterocycles. The summed E-state index contributed by atoms with van der Waals surface area (Å²) in [7, 11) is 1.26. The van der Waals surface area contributed by atoms with E-state index in [0.717, 1.165) is 4.57 Å². The van der Waals surface area contributed by atoms with Crippen LogP contribution < -0.4 is 17.0 Å². The summed E-state index contributed by atoms with van der Waals surface area (Å²) in [5.74, 6) is -0.731. The molecule has 0 aliphatic heterocycles. The minimum absolute atomic E-state index is 0.0423. The molecule has 0 aromatic carbocycles. The summed E-state index contributed by atoms with van der Waals surface area (Å²) in [4.78, 5) is 35.7. The Hall–Kier alpha value is -1.83. The van der Waals surface area contributed by atoms with Crippen LogP contribution >= 0.6 is 12.6 Å². The van der Waals surface area contributed by atoms with Gasteiger partial charge < -0.3 is 16.1 Å².